The zero-order chi connectivity index (χ0) is 14.7. The number of hydrogen-bond donors (Lipinski definition) is 3. The number of nitrogens with zero attached hydrogens (tertiary/aromatic N) is 1. The van der Waals surface area contributed by atoms with E-state index in [-0.39, 0.29) is 11.1 Å². The molecular weight excluding hydrogens is 344 g/mol. The maximum Gasteiger partial charge on any atom is 0.255 e. The average Bonchev–Trinajstić information content (AvgIpc) is 2.43. The Bertz CT molecular complexity index is 663. The molecule has 2 aromatic rings. The molecule has 0 fully saturated rings. The Morgan fingerprint density at radius 2 is 2.15 bits per heavy atom. The van der Waals surface area contributed by atoms with E-state index in [1.54, 1.807) is 0 Å². The van der Waals surface area contributed by atoms with Crippen LogP contribution in [0.3, 0.4) is 0 Å². The van der Waals surface area contributed by atoms with Gasteiger partial charge in [0, 0.05) is 15.7 Å². The molecule has 0 aliphatic rings. The summed E-state index contributed by atoms with van der Waals surface area (Å²) in [5, 5.41) is 3.01. The van der Waals surface area contributed by atoms with Crippen LogP contribution in [0, 0.1) is 6.92 Å². The number of aromatic nitrogens is 1. The fourth-order valence-electron chi connectivity index (χ4n) is 1.64. The number of benzene rings is 1. The van der Waals surface area contributed by atoms with Crippen LogP contribution >= 0.6 is 27.5 Å². The lowest BCUT2D eigenvalue weighted by Gasteiger charge is -2.10. The second kappa shape index (κ2) is 6.21. The van der Waals surface area contributed by atoms with Crippen molar-refractivity contribution in [2.75, 3.05) is 10.7 Å². The van der Waals surface area contributed by atoms with E-state index in [2.05, 4.69) is 31.7 Å². The highest BCUT2D eigenvalue weighted by molar-refractivity contribution is 9.10. The average molecular weight is 356 g/mol. The van der Waals surface area contributed by atoms with Gasteiger partial charge in [0.1, 0.15) is 11.0 Å². The summed E-state index contributed by atoms with van der Waals surface area (Å²) in [4.78, 5) is 16.1. The Hall–Kier alpha value is -1.63. The number of rotatable bonds is 3. The van der Waals surface area contributed by atoms with Crippen molar-refractivity contribution in [3.8, 4) is 0 Å². The highest BCUT2D eigenvalue weighted by Crippen LogP contribution is 2.24. The van der Waals surface area contributed by atoms with E-state index in [0.29, 0.717) is 11.4 Å². The molecular formula is C13H12BrClN4O. The predicted octanol–water partition coefficient (Wildman–Crippen LogP) is 3.34. The molecule has 5 nitrogen and oxygen atoms in total. The molecule has 20 heavy (non-hydrogen) atoms. The minimum atomic E-state index is -0.285. The SMILES string of the molecule is Cc1c(Br)cccc1NC(=O)c1cc(Cl)nc(NN)c1. The van der Waals surface area contributed by atoms with Crippen molar-refractivity contribution >= 4 is 44.9 Å². The van der Waals surface area contributed by atoms with Crippen molar-refractivity contribution in [2.45, 2.75) is 6.92 Å². The fourth-order valence-corrected chi connectivity index (χ4v) is 2.21. The number of carbonyl (C=O) groups excluding carboxylic acids is 1. The first-order valence-electron chi connectivity index (χ1n) is 5.72. The third-order valence-electron chi connectivity index (χ3n) is 2.72. The lowest BCUT2D eigenvalue weighted by molar-refractivity contribution is 0.102. The van der Waals surface area contributed by atoms with Gasteiger partial charge in [0.05, 0.1) is 0 Å². The van der Waals surface area contributed by atoms with Gasteiger partial charge in [0.25, 0.3) is 5.91 Å². The van der Waals surface area contributed by atoms with E-state index in [9.17, 15) is 4.79 Å². The topological polar surface area (TPSA) is 80.0 Å². The standard InChI is InChI=1S/C13H12BrClN4O/c1-7-9(14)3-2-4-10(7)17-13(20)8-5-11(15)18-12(6-8)19-16/h2-6H,16H2,1H3,(H,17,20)(H,18,19). The Balaban J connectivity index is 2.28. The van der Waals surface area contributed by atoms with Gasteiger partial charge in [-0.2, -0.15) is 0 Å². The Morgan fingerprint density at radius 1 is 1.40 bits per heavy atom. The van der Waals surface area contributed by atoms with Crippen LogP contribution in [0.4, 0.5) is 11.5 Å². The predicted molar refractivity (Wildman–Crippen MR) is 83.9 cm³/mol. The molecule has 0 unspecified atom stereocenters. The minimum absolute atomic E-state index is 0.191. The van der Waals surface area contributed by atoms with Gasteiger partial charge in [-0.25, -0.2) is 10.8 Å². The van der Waals surface area contributed by atoms with Crippen LogP contribution in [0.15, 0.2) is 34.8 Å². The second-order valence-corrected chi connectivity index (χ2v) is 5.32. The number of hydrazine groups is 1. The van der Waals surface area contributed by atoms with Crippen LogP contribution in [0.1, 0.15) is 15.9 Å². The third-order valence-corrected chi connectivity index (χ3v) is 3.77. The molecule has 1 amide bonds. The molecule has 0 radical (unpaired) electrons. The van der Waals surface area contributed by atoms with Gasteiger partial charge in [-0.1, -0.05) is 33.6 Å². The lowest BCUT2D eigenvalue weighted by Crippen LogP contribution is -2.15. The van der Waals surface area contributed by atoms with Gasteiger partial charge in [-0.05, 0) is 36.8 Å². The summed E-state index contributed by atoms with van der Waals surface area (Å²) in [6, 6.07) is 8.58. The summed E-state index contributed by atoms with van der Waals surface area (Å²) in [6.07, 6.45) is 0. The first kappa shape index (κ1) is 14.8. The summed E-state index contributed by atoms with van der Waals surface area (Å²) >= 11 is 9.26. The van der Waals surface area contributed by atoms with Crippen LogP contribution in [-0.4, -0.2) is 10.9 Å². The first-order chi connectivity index (χ1) is 9.51. The van der Waals surface area contributed by atoms with Crippen molar-refractivity contribution in [1.82, 2.24) is 4.98 Å². The molecule has 1 aromatic heterocycles. The molecule has 1 aromatic carbocycles. The monoisotopic (exact) mass is 354 g/mol. The number of amides is 1. The first-order valence-corrected chi connectivity index (χ1v) is 6.89. The van der Waals surface area contributed by atoms with Crippen molar-refractivity contribution in [3.63, 3.8) is 0 Å². The largest absolute Gasteiger partial charge is 0.322 e. The minimum Gasteiger partial charge on any atom is -0.322 e. The van der Waals surface area contributed by atoms with Crippen LogP contribution in [0.25, 0.3) is 0 Å². The molecule has 104 valence electrons. The van der Waals surface area contributed by atoms with Crippen molar-refractivity contribution < 1.29 is 4.79 Å². The molecule has 0 saturated carbocycles. The number of nitrogens with two attached hydrogens (primary N) is 1. The van der Waals surface area contributed by atoms with Gasteiger partial charge in [-0.3, -0.25) is 4.79 Å². The van der Waals surface area contributed by atoms with E-state index in [1.807, 2.05) is 25.1 Å². The third kappa shape index (κ3) is 3.27. The molecule has 0 atom stereocenters. The van der Waals surface area contributed by atoms with Crippen molar-refractivity contribution in [2.24, 2.45) is 5.84 Å². The van der Waals surface area contributed by atoms with Gasteiger partial charge in [0.15, 0.2) is 0 Å². The second-order valence-electron chi connectivity index (χ2n) is 4.07. The van der Waals surface area contributed by atoms with Crippen LogP contribution < -0.4 is 16.6 Å². The normalized spacial score (nSPS) is 10.2. The zero-order valence-electron chi connectivity index (χ0n) is 10.6. The summed E-state index contributed by atoms with van der Waals surface area (Å²) < 4.78 is 0.923. The van der Waals surface area contributed by atoms with Gasteiger partial charge >= 0.3 is 0 Å². The number of nitrogens with one attached hydrogen (secondary N) is 2. The van der Waals surface area contributed by atoms with Crippen LogP contribution in [-0.2, 0) is 0 Å². The lowest BCUT2D eigenvalue weighted by atomic mass is 10.2. The van der Waals surface area contributed by atoms with Gasteiger partial charge in [-0.15, -0.1) is 0 Å². The number of anilines is 2. The van der Waals surface area contributed by atoms with Crippen LogP contribution in [0.2, 0.25) is 5.15 Å². The molecule has 7 heteroatoms. The molecule has 0 aliphatic heterocycles. The molecule has 1 heterocycles. The molecule has 0 aliphatic carbocycles. The Morgan fingerprint density at radius 3 is 2.85 bits per heavy atom. The molecule has 0 bridgehead atoms. The summed E-state index contributed by atoms with van der Waals surface area (Å²) in [7, 11) is 0. The number of carbonyl (C=O) groups is 1. The van der Waals surface area contributed by atoms with E-state index in [1.165, 1.54) is 12.1 Å². The molecule has 0 spiro atoms. The van der Waals surface area contributed by atoms with E-state index in [4.69, 9.17) is 17.4 Å². The molecule has 4 N–H and O–H groups in total. The summed E-state index contributed by atoms with van der Waals surface area (Å²) in [6.45, 7) is 1.91. The van der Waals surface area contributed by atoms with Gasteiger partial charge < -0.3 is 10.7 Å². The number of hydrogen-bond acceptors (Lipinski definition) is 4. The highest BCUT2D eigenvalue weighted by Gasteiger charge is 2.11. The van der Waals surface area contributed by atoms with Gasteiger partial charge in [0.2, 0.25) is 0 Å². The van der Waals surface area contributed by atoms with Crippen molar-refractivity contribution in [1.29, 1.82) is 0 Å². The summed E-state index contributed by atoms with van der Waals surface area (Å²) in [5.41, 5.74) is 4.40. The smallest absolute Gasteiger partial charge is 0.255 e. The highest BCUT2D eigenvalue weighted by atomic mass is 79.9. The van der Waals surface area contributed by atoms with Crippen LogP contribution in [0.5, 0.6) is 0 Å². The summed E-state index contributed by atoms with van der Waals surface area (Å²) in [5.74, 6) is 5.32. The molecule has 2 rings (SSSR count). The maximum atomic E-state index is 12.2. The zero-order valence-corrected chi connectivity index (χ0v) is 12.9. The Labute approximate surface area is 129 Å². The molecule has 0 saturated heterocycles. The van der Waals surface area contributed by atoms with Crippen molar-refractivity contribution in [3.05, 3.63) is 51.1 Å². The fraction of sp³-hybridized carbons (Fsp3) is 0.0769. The number of halogens is 2. The number of nitrogen functional groups attached to an aromatic ring is 1. The maximum absolute atomic E-state index is 12.2. The van der Waals surface area contributed by atoms with E-state index >= 15 is 0 Å². The Kier molecular flexibility index (Phi) is 4.59. The quantitative estimate of drug-likeness (QED) is 0.448. The van der Waals surface area contributed by atoms with E-state index in [0.717, 1.165) is 15.7 Å². The van der Waals surface area contributed by atoms with E-state index < -0.39 is 0 Å². The number of pyridine rings is 1.